The molecule has 0 fully saturated rings. The fourth-order valence-corrected chi connectivity index (χ4v) is 1.96. The average Bonchev–Trinajstić information content (AvgIpc) is 2.86. The van der Waals surface area contributed by atoms with Crippen LogP contribution in [-0.2, 0) is 0 Å². The molecule has 5 heteroatoms. The average molecular weight is 227 g/mol. The summed E-state index contributed by atoms with van der Waals surface area (Å²) in [5.74, 6) is 1.04. The fourth-order valence-electron chi connectivity index (χ4n) is 1.96. The Kier molecular flexibility index (Phi) is 2.44. The minimum Gasteiger partial charge on any atom is -0.343 e. The van der Waals surface area contributed by atoms with Crippen LogP contribution in [0.2, 0.25) is 0 Å². The molecule has 5 nitrogen and oxygen atoms in total. The molecule has 1 aliphatic rings. The van der Waals surface area contributed by atoms with Crippen LogP contribution in [0, 0.1) is 6.92 Å². The van der Waals surface area contributed by atoms with Gasteiger partial charge in [0.15, 0.2) is 5.65 Å². The van der Waals surface area contributed by atoms with Crippen LogP contribution >= 0.6 is 0 Å². The van der Waals surface area contributed by atoms with Crippen molar-refractivity contribution in [3.63, 3.8) is 0 Å². The normalized spacial score (nSPS) is 15.0. The zero-order valence-electron chi connectivity index (χ0n) is 9.64. The molecule has 0 aromatic carbocycles. The molecule has 0 bridgehead atoms. The number of aliphatic imine (C=N–C) groups is 1. The van der Waals surface area contributed by atoms with E-state index < -0.39 is 0 Å². The molecule has 0 atom stereocenters. The number of aryl methyl sites for hydroxylation is 1. The number of aromatic nitrogens is 3. The van der Waals surface area contributed by atoms with Gasteiger partial charge in [-0.15, -0.1) is 0 Å². The largest absolute Gasteiger partial charge is 0.343 e. The monoisotopic (exact) mass is 227 g/mol. The SMILES string of the molecule is Cc1c(NC2=NCCC2)cnc2nccnc12. The second-order valence-electron chi connectivity index (χ2n) is 4.08. The lowest BCUT2D eigenvalue weighted by Crippen LogP contribution is -2.10. The Hall–Kier alpha value is -2.04. The number of rotatable bonds is 1. The third-order valence-electron chi connectivity index (χ3n) is 2.91. The molecule has 0 radical (unpaired) electrons. The first-order chi connectivity index (χ1) is 8.34. The highest BCUT2D eigenvalue weighted by molar-refractivity contribution is 5.98. The molecule has 2 aromatic rings. The quantitative estimate of drug-likeness (QED) is 0.808. The molecule has 3 rings (SSSR count). The first-order valence-corrected chi connectivity index (χ1v) is 5.71. The number of fused-ring (bicyclic) bond motifs is 1. The molecule has 0 saturated carbocycles. The number of nitrogens with zero attached hydrogens (tertiary/aromatic N) is 4. The van der Waals surface area contributed by atoms with Crippen molar-refractivity contribution in [2.24, 2.45) is 4.99 Å². The summed E-state index contributed by atoms with van der Waals surface area (Å²) in [6.07, 6.45) is 7.28. The van der Waals surface area contributed by atoms with Crippen LogP contribution in [0.3, 0.4) is 0 Å². The highest BCUT2D eigenvalue weighted by atomic mass is 15.0. The summed E-state index contributed by atoms with van der Waals surface area (Å²) >= 11 is 0. The molecule has 1 aliphatic heterocycles. The van der Waals surface area contributed by atoms with E-state index in [-0.39, 0.29) is 0 Å². The van der Waals surface area contributed by atoms with Crippen LogP contribution in [0.5, 0.6) is 0 Å². The zero-order chi connectivity index (χ0) is 11.7. The van der Waals surface area contributed by atoms with Crippen molar-refractivity contribution in [1.82, 2.24) is 15.0 Å². The van der Waals surface area contributed by atoms with Crippen molar-refractivity contribution in [1.29, 1.82) is 0 Å². The van der Waals surface area contributed by atoms with Crippen molar-refractivity contribution in [3.05, 3.63) is 24.2 Å². The molecule has 0 amide bonds. The Balaban J connectivity index is 2.02. The Morgan fingerprint density at radius 3 is 2.88 bits per heavy atom. The standard InChI is InChI=1S/C12H13N5/c1-8-9(17-10-3-2-4-13-10)7-16-12-11(8)14-5-6-15-12/h5-7H,2-4H2,1H3,(H,13,17). The number of hydrogen-bond acceptors (Lipinski definition) is 5. The third kappa shape index (κ3) is 1.84. The number of hydrogen-bond donors (Lipinski definition) is 1. The fraction of sp³-hybridized carbons (Fsp3) is 0.333. The maximum absolute atomic E-state index is 4.39. The third-order valence-corrected chi connectivity index (χ3v) is 2.91. The van der Waals surface area contributed by atoms with Crippen molar-refractivity contribution < 1.29 is 0 Å². The highest BCUT2D eigenvalue weighted by Crippen LogP contribution is 2.21. The molecule has 17 heavy (non-hydrogen) atoms. The molecule has 3 heterocycles. The van der Waals surface area contributed by atoms with Gasteiger partial charge in [-0.2, -0.15) is 0 Å². The van der Waals surface area contributed by atoms with Gasteiger partial charge in [-0.3, -0.25) is 9.98 Å². The van der Waals surface area contributed by atoms with Crippen molar-refractivity contribution in [3.8, 4) is 0 Å². The van der Waals surface area contributed by atoms with Gasteiger partial charge in [0.05, 0.1) is 11.9 Å². The van der Waals surface area contributed by atoms with Gasteiger partial charge >= 0.3 is 0 Å². The number of pyridine rings is 1. The number of amidine groups is 1. The molecule has 0 spiro atoms. The van der Waals surface area contributed by atoms with Crippen LogP contribution in [0.15, 0.2) is 23.6 Å². The molecule has 2 aromatic heterocycles. The Labute approximate surface area is 99.0 Å². The van der Waals surface area contributed by atoms with Crippen LogP contribution < -0.4 is 5.32 Å². The van der Waals surface area contributed by atoms with E-state index in [4.69, 9.17) is 0 Å². The summed E-state index contributed by atoms with van der Waals surface area (Å²) in [6, 6.07) is 0. The molecule has 0 unspecified atom stereocenters. The first kappa shape index (κ1) is 10.1. The summed E-state index contributed by atoms with van der Waals surface area (Å²) < 4.78 is 0. The van der Waals surface area contributed by atoms with Gasteiger partial charge in [0.25, 0.3) is 0 Å². The Morgan fingerprint density at radius 1 is 1.18 bits per heavy atom. The zero-order valence-corrected chi connectivity index (χ0v) is 9.64. The van der Waals surface area contributed by atoms with Gasteiger partial charge in [-0.25, -0.2) is 9.97 Å². The Morgan fingerprint density at radius 2 is 2.06 bits per heavy atom. The summed E-state index contributed by atoms with van der Waals surface area (Å²) in [6.45, 7) is 2.94. The summed E-state index contributed by atoms with van der Waals surface area (Å²) in [5, 5.41) is 3.32. The molecular weight excluding hydrogens is 214 g/mol. The molecule has 86 valence electrons. The van der Waals surface area contributed by atoms with Crippen LogP contribution in [0.1, 0.15) is 18.4 Å². The van der Waals surface area contributed by atoms with Gasteiger partial charge in [-0.05, 0) is 13.3 Å². The molecule has 1 N–H and O–H groups in total. The minimum atomic E-state index is 0.684. The van der Waals surface area contributed by atoms with E-state index in [9.17, 15) is 0 Å². The smallest absolute Gasteiger partial charge is 0.178 e. The van der Waals surface area contributed by atoms with Gasteiger partial charge < -0.3 is 5.32 Å². The minimum absolute atomic E-state index is 0.684. The van der Waals surface area contributed by atoms with Crippen LogP contribution in [0.4, 0.5) is 5.69 Å². The van der Waals surface area contributed by atoms with E-state index >= 15 is 0 Å². The van der Waals surface area contributed by atoms with Gasteiger partial charge in [0, 0.05) is 30.9 Å². The second-order valence-corrected chi connectivity index (χ2v) is 4.08. The predicted octanol–water partition coefficient (Wildman–Crippen LogP) is 1.94. The maximum atomic E-state index is 4.39. The lowest BCUT2D eigenvalue weighted by atomic mass is 10.2. The van der Waals surface area contributed by atoms with Crippen LogP contribution in [-0.4, -0.2) is 27.3 Å². The van der Waals surface area contributed by atoms with E-state index in [1.807, 2.05) is 6.92 Å². The van der Waals surface area contributed by atoms with E-state index in [0.29, 0.717) is 5.65 Å². The summed E-state index contributed by atoms with van der Waals surface area (Å²) in [7, 11) is 0. The number of anilines is 1. The second kappa shape index (κ2) is 4.08. The van der Waals surface area contributed by atoms with E-state index in [0.717, 1.165) is 42.0 Å². The molecular formula is C12H13N5. The van der Waals surface area contributed by atoms with E-state index in [2.05, 4.69) is 25.3 Å². The Bertz CT molecular complexity index is 590. The number of nitrogens with one attached hydrogen (secondary N) is 1. The van der Waals surface area contributed by atoms with Gasteiger partial charge in [0.2, 0.25) is 0 Å². The summed E-state index contributed by atoms with van der Waals surface area (Å²) in [4.78, 5) is 17.2. The van der Waals surface area contributed by atoms with Crippen LogP contribution in [0.25, 0.3) is 11.2 Å². The topological polar surface area (TPSA) is 63.1 Å². The van der Waals surface area contributed by atoms with Gasteiger partial charge in [-0.1, -0.05) is 0 Å². The predicted molar refractivity (Wildman–Crippen MR) is 67.2 cm³/mol. The van der Waals surface area contributed by atoms with Crippen molar-refractivity contribution >= 4 is 22.7 Å². The van der Waals surface area contributed by atoms with E-state index in [1.165, 1.54) is 0 Å². The van der Waals surface area contributed by atoms with Crippen molar-refractivity contribution in [2.45, 2.75) is 19.8 Å². The lowest BCUT2D eigenvalue weighted by Gasteiger charge is -2.09. The van der Waals surface area contributed by atoms with Gasteiger partial charge in [0.1, 0.15) is 11.4 Å². The molecule has 0 aliphatic carbocycles. The summed E-state index contributed by atoms with van der Waals surface area (Å²) in [5.41, 5.74) is 3.57. The maximum Gasteiger partial charge on any atom is 0.178 e. The lowest BCUT2D eigenvalue weighted by molar-refractivity contribution is 0.951. The van der Waals surface area contributed by atoms with E-state index in [1.54, 1.807) is 18.6 Å². The molecule has 0 saturated heterocycles. The first-order valence-electron chi connectivity index (χ1n) is 5.71. The van der Waals surface area contributed by atoms with Crippen molar-refractivity contribution in [2.75, 3.05) is 11.9 Å². The highest BCUT2D eigenvalue weighted by Gasteiger charge is 2.10.